The summed E-state index contributed by atoms with van der Waals surface area (Å²) < 4.78 is 0. The van der Waals surface area contributed by atoms with E-state index in [1.54, 1.807) is 0 Å². The van der Waals surface area contributed by atoms with Crippen molar-refractivity contribution in [2.75, 3.05) is 0 Å². The third-order valence-corrected chi connectivity index (χ3v) is 3.76. The van der Waals surface area contributed by atoms with Crippen LogP contribution in [0.3, 0.4) is 0 Å². The van der Waals surface area contributed by atoms with Crippen LogP contribution in [0.4, 0.5) is 0 Å². The van der Waals surface area contributed by atoms with Crippen LogP contribution in [0.15, 0.2) is 11.1 Å². The summed E-state index contributed by atoms with van der Waals surface area (Å²) in [5.41, 5.74) is 0.613. The van der Waals surface area contributed by atoms with Crippen LogP contribution in [0.2, 0.25) is 0 Å². The molecule has 2 rings (SSSR count). The summed E-state index contributed by atoms with van der Waals surface area (Å²) in [5.74, 6) is -0.943. The minimum absolute atomic E-state index is 0.0930. The molecule has 86 valence electrons. The Labute approximate surface area is 93.3 Å². The van der Waals surface area contributed by atoms with Gasteiger partial charge in [-0.05, 0) is 25.3 Å². The van der Waals surface area contributed by atoms with E-state index in [2.05, 4.69) is 0 Å². The summed E-state index contributed by atoms with van der Waals surface area (Å²) in [6.45, 7) is 1.84. The fourth-order valence-corrected chi connectivity index (χ4v) is 2.77. The van der Waals surface area contributed by atoms with Crippen molar-refractivity contribution in [3.8, 4) is 0 Å². The number of aliphatic carboxylic acids is 1. The lowest BCUT2D eigenvalue weighted by atomic mass is 9.71. The molecule has 1 saturated carbocycles. The number of Topliss-reactive ketones (excluding diaryl/α,β-unsaturated/α-hetero) is 2. The molecule has 0 amide bonds. The number of rotatable bonds is 2. The van der Waals surface area contributed by atoms with Crippen LogP contribution in [0.1, 0.15) is 39.0 Å². The molecule has 1 unspecified atom stereocenters. The van der Waals surface area contributed by atoms with Gasteiger partial charge in [-0.3, -0.25) is 14.4 Å². The third-order valence-electron chi connectivity index (χ3n) is 3.76. The molecule has 0 aromatic heterocycles. The molecule has 0 heterocycles. The zero-order chi connectivity index (χ0) is 11.9. The van der Waals surface area contributed by atoms with Gasteiger partial charge in [0.2, 0.25) is 0 Å². The van der Waals surface area contributed by atoms with Gasteiger partial charge in [-0.15, -0.1) is 0 Å². The number of ketones is 2. The second-order valence-corrected chi connectivity index (χ2v) is 4.71. The Hall–Kier alpha value is -1.45. The van der Waals surface area contributed by atoms with Crippen LogP contribution < -0.4 is 0 Å². The lowest BCUT2D eigenvalue weighted by Crippen LogP contribution is -2.31. The van der Waals surface area contributed by atoms with Gasteiger partial charge in [0.1, 0.15) is 5.78 Å². The SMILES string of the molecule is CC12CCC(=O)C(CC(=O)O)=C1CCC2=O. The molecule has 1 atom stereocenters. The van der Waals surface area contributed by atoms with Gasteiger partial charge in [0.15, 0.2) is 5.78 Å². The molecule has 4 heteroatoms. The van der Waals surface area contributed by atoms with E-state index in [4.69, 9.17) is 5.11 Å². The maximum absolute atomic E-state index is 11.8. The van der Waals surface area contributed by atoms with Crippen LogP contribution in [0, 0.1) is 5.41 Å². The summed E-state index contributed by atoms with van der Waals surface area (Å²) in [5, 5.41) is 8.78. The van der Waals surface area contributed by atoms with Gasteiger partial charge in [0, 0.05) is 23.8 Å². The van der Waals surface area contributed by atoms with Crippen LogP contribution in [-0.4, -0.2) is 22.6 Å². The predicted octanol–water partition coefficient (Wildman–Crippen LogP) is 1.49. The van der Waals surface area contributed by atoms with E-state index in [9.17, 15) is 14.4 Å². The fourth-order valence-electron chi connectivity index (χ4n) is 2.77. The van der Waals surface area contributed by atoms with E-state index in [1.807, 2.05) is 6.92 Å². The highest BCUT2D eigenvalue weighted by molar-refractivity contribution is 6.05. The topological polar surface area (TPSA) is 71.4 Å². The number of hydrogen-bond acceptors (Lipinski definition) is 3. The smallest absolute Gasteiger partial charge is 0.307 e. The van der Waals surface area contributed by atoms with Gasteiger partial charge in [-0.2, -0.15) is 0 Å². The van der Waals surface area contributed by atoms with E-state index in [0.29, 0.717) is 31.3 Å². The molecule has 0 aromatic rings. The number of hydrogen-bond donors (Lipinski definition) is 1. The molecule has 1 N–H and O–H groups in total. The lowest BCUT2D eigenvalue weighted by Gasteiger charge is -2.30. The maximum atomic E-state index is 11.8. The zero-order valence-corrected chi connectivity index (χ0v) is 9.21. The predicted molar refractivity (Wildman–Crippen MR) is 55.9 cm³/mol. The van der Waals surface area contributed by atoms with Gasteiger partial charge < -0.3 is 5.11 Å². The minimum Gasteiger partial charge on any atom is -0.481 e. The van der Waals surface area contributed by atoms with Crippen LogP contribution in [0.5, 0.6) is 0 Å². The standard InChI is InChI=1S/C12H14O4/c1-12-5-4-9(13)7(6-11(15)16)8(12)2-3-10(12)14/h2-6H2,1H3,(H,15,16). The van der Waals surface area contributed by atoms with Gasteiger partial charge in [-0.25, -0.2) is 0 Å². The second kappa shape index (κ2) is 3.54. The molecule has 1 fully saturated rings. The second-order valence-electron chi connectivity index (χ2n) is 4.71. The Kier molecular flexibility index (Phi) is 2.45. The molecule has 0 spiro atoms. The Morgan fingerprint density at radius 3 is 2.62 bits per heavy atom. The number of carboxylic acids is 1. The first-order chi connectivity index (χ1) is 7.45. The normalized spacial score (nSPS) is 29.6. The van der Waals surface area contributed by atoms with Crippen molar-refractivity contribution in [3.63, 3.8) is 0 Å². The van der Waals surface area contributed by atoms with Gasteiger partial charge in [0.05, 0.1) is 6.42 Å². The van der Waals surface area contributed by atoms with E-state index in [-0.39, 0.29) is 18.0 Å². The van der Waals surface area contributed by atoms with Crippen LogP contribution in [0.25, 0.3) is 0 Å². The van der Waals surface area contributed by atoms with Crippen molar-refractivity contribution in [3.05, 3.63) is 11.1 Å². The van der Waals surface area contributed by atoms with Crippen molar-refractivity contribution in [1.29, 1.82) is 0 Å². The van der Waals surface area contributed by atoms with Gasteiger partial charge in [0.25, 0.3) is 0 Å². The Bertz CT molecular complexity index is 419. The molecule has 0 bridgehead atoms. The highest BCUT2D eigenvalue weighted by atomic mass is 16.4. The Morgan fingerprint density at radius 1 is 1.31 bits per heavy atom. The maximum Gasteiger partial charge on any atom is 0.307 e. The summed E-state index contributed by atoms with van der Waals surface area (Å²) in [4.78, 5) is 34.2. The van der Waals surface area contributed by atoms with Crippen molar-refractivity contribution < 1.29 is 19.5 Å². The number of carbonyl (C=O) groups is 3. The number of fused-ring (bicyclic) bond motifs is 1. The average molecular weight is 222 g/mol. The number of allylic oxidation sites excluding steroid dienone is 1. The van der Waals surface area contributed by atoms with Crippen molar-refractivity contribution in [2.45, 2.75) is 39.0 Å². The molecule has 0 aliphatic heterocycles. The first kappa shape index (κ1) is 11.0. The average Bonchev–Trinajstić information content (AvgIpc) is 2.49. The molecule has 2 aliphatic carbocycles. The summed E-state index contributed by atoms with van der Waals surface area (Å²) >= 11 is 0. The van der Waals surface area contributed by atoms with E-state index in [0.717, 1.165) is 5.57 Å². The fraction of sp³-hybridized carbons (Fsp3) is 0.583. The summed E-state index contributed by atoms with van der Waals surface area (Å²) in [6.07, 6.45) is 1.61. The minimum atomic E-state index is -1.00. The zero-order valence-electron chi connectivity index (χ0n) is 9.21. The number of carbonyl (C=O) groups excluding carboxylic acids is 2. The Balaban J connectivity index is 2.47. The molecule has 16 heavy (non-hydrogen) atoms. The van der Waals surface area contributed by atoms with Crippen molar-refractivity contribution in [2.24, 2.45) is 5.41 Å². The molecule has 4 nitrogen and oxygen atoms in total. The molecular weight excluding hydrogens is 208 g/mol. The van der Waals surface area contributed by atoms with Crippen LogP contribution >= 0.6 is 0 Å². The van der Waals surface area contributed by atoms with Crippen LogP contribution in [-0.2, 0) is 14.4 Å². The molecule has 0 saturated heterocycles. The highest BCUT2D eigenvalue weighted by Gasteiger charge is 2.46. The van der Waals surface area contributed by atoms with Crippen molar-refractivity contribution >= 4 is 17.5 Å². The van der Waals surface area contributed by atoms with E-state index < -0.39 is 11.4 Å². The van der Waals surface area contributed by atoms with E-state index >= 15 is 0 Å². The largest absolute Gasteiger partial charge is 0.481 e. The molecule has 0 radical (unpaired) electrons. The summed E-state index contributed by atoms with van der Waals surface area (Å²) in [7, 11) is 0. The van der Waals surface area contributed by atoms with E-state index in [1.165, 1.54) is 0 Å². The van der Waals surface area contributed by atoms with Gasteiger partial charge in [-0.1, -0.05) is 0 Å². The number of carboxylic acid groups (broad SMARTS) is 1. The summed E-state index contributed by atoms with van der Waals surface area (Å²) in [6, 6.07) is 0. The highest BCUT2D eigenvalue weighted by Crippen LogP contribution is 2.48. The van der Waals surface area contributed by atoms with Crippen molar-refractivity contribution in [1.82, 2.24) is 0 Å². The first-order valence-electron chi connectivity index (χ1n) is 5.46. The van der Waals surface area contributed by atoms with Gasteiger partial charge >= 0.3 is 5.97 Å². The Morgan fingerprint density at radius 2 is 2.00 bits per heavy atom. The quantitative estimate of drug-likeness (QED) is 0.768. The monoisotopic (exact) mass is 222 g/mol. The third kappa shape index (κ3) is 1.49. The molecular formula is C12H14O4. The molecule has 0 aromatic carbocycles. The molecule has 2 aliphatic rings. The lowest BCUT2D eigenvalue weighted by molar-refractivity contribution is -0.137. The first-order valence-corrected chi connectivity index (χ1v) is 5.46.